The molecular formula is C24H28F2N4O2S. The van der Waals surface area contributed by atoms with E-state index in [0.717, 1.165) is 37.9 Å². The quantitative estimate of drug-likeness (QED) is 0.585. The molecule has 0 saturated carbocycles. The van der Waals surface area contributed by atoms with Gasteiger partial charge in [-0.1, -0.05) is 23.9 Å². The van der Waals surface area contributed by atoms with Crippen molar-refractivity contribution in [2.24, 2.45) is 5.73 Å². The van der Waals surface area contributed by atoms with Crippen molar-refractivity contribution in [3.63, 3.8) is 0 Å². The summed E-state index contributed by atoms with van der Waals surface area (Å²) in [5, 5.41) is 3.24. The van der Waals surface area contributed by atoms with Crippen LogP contribution in [0.5, 0.6) is 0 Å². The van der Waals surface area contributed by atoms with Crippen molar-refractivity contribution < 1.29 is 18.4 Å². The first-order valence-corrected chi connectivity index (χ1v) is 12.1. The summed E-state index contributed by atoms with van der Waals surface area (Å²) in [4.78, 5) is 29.6. The van der Waals surface area contributed by atoms with Crippen molar-refractivity contribution in [2.45, 2.75) is 48.4 Å². The SMILES string of the molecule is NC(=O)C1CCCN1C1CCN(C(=O)c2ccccc2Nc2ccc(SC(F)F)cc2)CC1. The first-order valence-electron chi connectivity index (χ1n) is 11.2. The molecule has 2 aromatic rings. The molecule has 0 radical (unpaired) electrons. The third-order valence-corrected chi connectivity index (χ3v) is 7.08. The van der Waals surface area contributed by atoms with Gasteiger partial charge in [0.25, 0.3) is 11.7 Å². The third kappa shape index (κ3) is 5.65. The average Bonchev–Trinajstić information content (AvgIpc) is 3.31. The molecule has 2 heterocycles. The molecule has 0 spiro atoms. The van der Waals surface area contributed by atoms with Crippen molar-refractivity contribution in [3.05, 3.63) is 54.1 Å². The Morgan fingerprint density at radius 2 is 1.70 bits per heavy atom. The summed E-state index contributed by atoms with van der Waals surface area (Å²) in [5.74, 6) is -2.76. The molecular weight excluding hydrogens is 446 g/mol. The number of carbonyl (C=O) groups excluding carboxylic acids is 2. The number of para-hydroxylation sites is 1. The number of thioether (sulfide) groups is 1. The summed E-state index contributed by atoms with van der Waals surface area (Å²) < 4.78 is 25.1. The van der Waals surface area contributed by atoms with Crippen LogP contribution in [-0.4, -0.2) is 59.1 Å². The first-order chi connectivity index (χ1) is 15.9. The molecule has 4 rings (SSSR count). The topological polar surface area (TPSA) is 78.7 Å². The fourth-order valence-electron chi connectivity index (χ4n) is 4.76. The highest BCUT2D eigenvalue weighted by Crippen LogP contribution is 2.30. The van der Waals surface area contributed by atoms with Crippen LogP contribution in [0.25, 0.3) is 0 Å². The molecule has 6 nitrogen and oxygen atoms in total. The third-order valence-electron chi connectivity index (χ3n) is 6.36. The Bertz CT molecular complexity index is 981. The lowest BCUT2D eigenvalue weighted by Gasteiger charge is -2.38. The number of alkyl halides is 2. The van der Waals surface area contributed by atoms with Crippen molar-refractivity contribution >= 4 is 35.0 Å². The number of carbonyl (C=O) groups is 2. The van der Waals surface area contributed by atoms with E-state index in [9.17, 15) is 18.4 Å². The summed E-state index contributed by atoms with van der Waals surface area (Å²) in [6.07, 6.45) is 3.42. The number of hydrogen-bond donors (Lipinski definition) is 2. The first kappa shape index (κ1) is 23.5. The number of nitrogens with zero attached hydrogens (tertiary/aromatic N) is 2. The van der Waals surface area contributed by atoms with Gasteiger partial charge in [0, 0.05) is 29.7 Å². The molecule has 0 bridgehead atoms. The number of benzene rings is 2. The number of rotatable bonds is 7. The molecule has 2 fully saturated rings. The lowest BCUT2D eigenvalue weighted by molar-refractivity contribution is -0.123. The van der Waals surface area contributed by atoms with E-state index < -0.39 is 5.76 Å². The Hall–Kier alpha value is -2.65. The number of halogens is 2. The van der Waals surface area contributed by atoms with Crippen LogP contribution in [0.4, 0.5) is 20.2 Å². The minimum atomic E-state index is -2.46. The summed E-state index contributed by atoms with van der Waals surface area (Å²) in [5.41, 5.74) is 7.53. The maximum absolute atomic E-state index is 13.3. The van der Waals surface area contributed by atoms with Crippen LogP contribution in [-0.2, 0) is 4.79 Å². The molecule has 2 aromatic carbocycles. The minimum absolute atomic E-state index is 0.0469. The van der Waals surface area contributed by atoms with Crippen molar-refractivity contribution in [2.75, 3.05) is 25.0 Å². The second-order valence-electron chi connectivity index (χ2n) is 8.40. The molecule has 33 heavy (non-hydrogen) atoms. The molecule has 9 heteroatoms. The zero-order chi connectivity index (χ0) is 23.4. The van der Waals surface area contributed by atoms with E-state index in [2.05, 4.69) is 10.2 Å². The molecule has 2 aliphatic heterocycles. The van der Waals surface area contributed by atoms with Gasteiger partial charge in [-0.3, -0.25) is 14.5 Å². The molecule has 0 aromatic heterocycles. The fourth-order valence-corrected chi connectivity index (χ4v) is 5.26. The standard InChI is InChI=1S/C24H28F2N4O2S/c25-24(26)33-18-9-7-16(8-10-18)28-20-5-2-1-4-19(20)23(32)29-14-11-17(12-15-29)30-13-3-6-21(30)22(27)31/h1-2,4-5,7-10,17,21,24,28H,3,6,11-15H2,(H2,27,31). The molecule has 2 saturated heterocycles. The highest BCUT2D eigenvalue weighted by molar-refractivity contribution is 7.99. The van der Waals surface area contributed by atoms with Gasteiger partial charge >= 0.3 is 0 Å². The Kier molecular flexibility index (Phi) is 7.49. The number of nitrogens with one attached hydrogen (secondary N) is 1. The van der Waals surface area contributed by atoms with E-state index >= 15 is 0 Å². The molecule has 176 valence electrons. The van der Waals surface area contributed by atoms with Crippen molar-refractivity contribution in [1.29, 1.82) is 0 Å². The van der Waals surface area contributed by atoms with Gasteiger partial charge in [0.05, 0.1) is 17.3 Å². The minimum Gasteiger partial charge on any atom is -0.368 e. The lowest BCUT2D eigenvalue weighted by Crippen LogP contribution is -2.51. The van der Waals surface area contributed by atoms with Gasteiger partial charge in [-0.25, -0.2) is 0 Å². The van der Waals surface area contributed by atoms with Gasteiger partial charge in [0.1, 0.15) is 0 Å². The highest BCUT2D eigenvalue weighted by Gasteiger charge is 2.36. The average molecular weight is 475 g/mol. The van der Waals surface area contributed by atoms with E-state index in [1.807, 2.05) is 23.1 Å². The molecule has 3 N–H and O–H groups in total. The molecule has 1 atom stereocenters. The molecule has 0 aliphatic carbocycles. The van der Waals surface area contributed by atoms with Crippen LogP contribution >= 0.6 is 11.8 Å². The van der Waals surface area contributed by atoms with Crippen LogP contribution < -0.4 is 11.1 Å². The predicted octanol–water partition coefficient (Wildman–Crippen LogP) is 4.30. The predicted molar refractivity (Wildman–Crippen MR) is 126 cm³/mol. The molecule has 2 amide bonds. The van der Waals surface area contributed by atoms with Crippen LogP contribution in [0, 0.1) is 0 Å². The zero-order valence-electron chi connectivity index (χ0n) is 18.3. The van der Waals surface area contributed by atoms with E-state index in [4.69, 9.17) is 5.73 Å². The van der Waals surface area contributed by atoms with E-state index in [-0.39, 0.29) is 23.9 Å². The van der Waals surface area contributed by atoms with Gasteiger partial charge in [0.2, 0.25) is 5.91 Å². The number of nitrogens with two attached hydrogens (primary N) is 1. The van der Waals surface area contributed by atoms with Crippen LogP contribution in [0.15, 0.2) is 53.4 Å². The van der Waals surface area contributed by atoms with E-state index in [1.165, 1.54) is 0 Å². The maximum atomic E-state index is 13.3. The van der Waals surface area contributed by atoms with Gasteiger partial charge in [-0.2, -0.15) is 8.78 Å². The van der Waals surface area contributed by atoms with Gasteiger partial charge < -0.3 is 16.0 Å². The number of primary amides is 1. The molecule has 2 aliphatic rings. The Morgan fingerprint density at radius 3 is 2.36 bits per heavy atom. The number of hydrogen-bond acceptors (Lipinski definition) is 5. The van der Waals surface area contributed by atoms with Gasteiger partial charge in [-0.05, 0) is 68.6 Å². The number of amides is 2. The maximum Gasteiger partial charge on any atom is 0.288 e. The van der Waals surface area contributed by atoms with Crippen LogP contribution in [0.3, 0.4) is 0 Å². The summed E-state index contributed by atoms with van der Waals surface area (Å²) in [6.45, 7) is 2.13. The largest absolute Gasteiger partial charge is 0.368 e. The van der Waals surface area contributed by atoms with E-state index in [0.29, 0.717) is 41.0 Å². The Balaban J connectivity index is 1.40. The second kappa shape index (κ2) is 10.5. The fraction of sp³-hybridized carbons (Fsp3) is 0.417. The summed E-state index contributed by atoms with van der Waals surface area (Å²) in [7, 11) is 0. The van der Waals surface area contributed by atoms with Crippen LogP contribution in [0.2, 0.25) is 0 Å². The molecule has 1 unspecified atom stereocenters. The number of likely N-dealkylation sites (tertiary alicyclic amines) is 2. The van der Waals surface area contributed by atoms with Crippen LogP contribution in [0.1, 0.15) is 36.0 Å². The number of anilines is 2. The van der Waals surface area contributed by atoms with Crippen molar-refractivity contribution in [3.8, 4) is 0 Å². The smallest absolute Gasteiger partial charge is 0.288 e. The Labute approximate surface area is 196 Å². The van der Waals surface area contributed by atoms with Gasteiger partial charge in [0.15, 0.2) is 0 Å². The van der Waals surface area contributed by atoms with Crippen molar-refractivity contribution in [1.82, 2.24) is 9.80 Å². The van der Waals surface area contributed by atoms with Gasteiger partial charge in [-0.15, -0.1) is 0 Å². The Morgan fingerprint density at radius 1 is 1.00 bits per heavy atom. The number of piperidine rings is 1. The monoisotopic (exact) mass is 474 g/mol. The van der Waals surface area contributed by atoms with E-state index in [1.54, 1.807) is 30.3 Å². The zero-order valence-corrected chi connectivity index (χ0v) is 19.1. The lowest BCUT2D eigenvalue weighted by atomic mass is 10.0. The highest BCUT2D eigenvalue weighted by atomic mass is 32.2. The summed E-state index contributed by atoms with van der Waals surface area (Å²) in [6, 6.07) is 14.1. The second-order valence-corrected chi connectivity index (χ2v) is 9.46. The summed E-state index contributed by atoms with van der Waals surface area (Å²) >= 11 is 0.500. The normalized spacial score (nSPS) is 19.7.